The van der Waals surface area contributed by atoms with Gasteiger partial charge in [0.05, 0.1) is 5.25 Å². The Morgan fingerprint density at radius 2 is 1.93 bits per heavy atom. The van der Waals surface area contributed by atoms with Crippen molar-refractivity contribution < 1.29 is 18.3 Å². The molecular weight excluding hydrogens is 216 g/mol. The molecule has 0 aromatic carbocycles. The molecule has 1 rings (SSSR count). The molecule has 1 N–H and O–H groups in total. The van der Waals surface area contributed by atoms with Crippen LogP contribution < -0.4 is 0 Å². The maximum absolute atomic E-state index is 12.0. The SMILES string of the molecule is CCCC(C(=O)O)S(=O)(=O)C1CCCC1. The summed E-state index contributed by atoms with van der Waals surface area (Å²) in [5.41, 5.74) is 0. The van der Waals surface area contributed by atoms with Crippen molar-refractivity contribution in [3.63, 3.8) is 0 Å². The molecule has 0 radical (unpaired) electrons. The molecule has 0 aromatic heterocycles. The van der Waals surface area contributed by atoms with Gasteiger partial charge in [-0.05, 0) is 19.3 Å². The van der Waals surface area contributed by atoms with Crippen molar-refractivity contribution in [2.24, 2.45) is 0 Å². The highest BCUT2D eigenvalue weighted by molar-refractivity contribution is 7.93. The van der Waals surface area contributed by atoms with Crippen LogP contribution in [0.5, 0.6) is 0 Å². The third-order valence-corrected chi connectivity index (χ3v) is 5.62. The summed E-state index contributed by atoms with van der Waals surface area (Å²) in [6, 6.07) is 0. The average Bonchev–Trinajstić information content (AvgIpc) is 2.66. The Hall–Kier alpha value is -0.580. The molecule has 1 saturated carbocycles. The summed E-state index contributed by atoms with van der Waals surface area (Å²) in [6.07, 6.45) is 3.90. The smallest absolute Gasteiger partial charge is 0.321 e. The number of sulfone groups is 1. The highest BCUT2D eigenvalue weighted by Gasteiger charge is 2.39. The number of carbonyl (C=O) groups is 1. The number of aliphatic carboxylic acids is 1. The lowest BCUT2D eigenvalue weighted by molar-refractivity contribution is -0.136. The molecule has 1 aliphatic rings. The zero-order chi connectivity index (χ0) is 11.5. The molecule has 88 valence electrons. The molecule has 0 aromatic rings. The zero-order valence-electron chi connectivity index (χ0n) is 8.98. The van der Waals surface area contributed by atoms with Crippen LogP contribution in [0.25, 0.3) is 0 Å². The van der Waals surface area contributed by atoms with E-state index < -0.39 is 26.3 Å². The van der Waals surface area contributed by atoms with E-state index in [4.69, 9.17) is 5.11 Å². The monoisotopic (exact) mass is 234 g/mol. The summed E-state index contributed by atoms with van der Waals surface area (Å²) in [5, 5.41) is 7.32. The van der Waals surface area contributed by atoms with E-state index in [-0.39, 0.29) is 6.42 Å². The van der Waals surface area contributed by atoms with Crippen LogP contribution in [0.1, 0.15) is 45.4 Å². The van der Waals surface area contributed by atoms with Crippen LogP contribution in [-0.4, -0.2) is 30.0 Å². The summed E-state index contributed by atoms with van der Waals surface area (Å²) in [7, 11) is -3.46. The molecule has 0 amide bonds. The van der Waals surface area contributed by atoms with E-state index in [9.17, 15) is 13.2 Å². The summed E-state index contributed by atoms with van der Waals surface area (Å²) >= 11 is 0. The minimum atomic E-state index is -3.46. The Kier molecular flexibility index (Phi) is 4.13. The molecule has 1 aliphatic carbocycles. The summed E-state index contributed by atoms with van der Waals surface area (Å²) in [4.78, 5) is 10.9. The summed E-state index contributed by atoms with van der Waals surface area (Å²) in [5.74, 6) is -1.19. The molecule has 0 saturated heterocycles. The van der Waals surface area contributed by atoms with Crippen LogP contribution in [0.4, 0.5) is 0 Å². The molecule has 1 unspecified atom stereocenters. The van der Waals surface area contributed by atoms with Gasteiger partial charge in [-0.2, -0.15) is 0 Å². The predicted octanol–water partition coefficient (Wildman–Crippen LogP) is 1.60. The van der Waals surface area contributed by atoms with Crippen LogP contribution in [0, 0.1) is 0 Å². The molecule has 0 heterocycles. The predicted molar refractivity (Wildman–Crippen MR) is 57.5 cm³/mol. The number of hydrogen-bond acceptors (Lipinski definition) is 3. The van der Waals surface area contributed by atoms with Gasteiger partial charge in [-0.1, -0.05) is 26.2 Å². The maximum Gasteiger partial charge on any atom is 0.321 e. The molecule has 5 heteroatoms. The third-order valence-electron chi connectivity index (χ3n) is 2.99. The zero-order valence-corrected chi connectivity index (χ0v) is 9.79. The Balaban J connectivity index is 2.84. The largest absolute Gasteiger partial charge is 0.480 e. The minimum absolute atomic E-state index is 0.230. The normalized spacial score (nSPS) is 20.3. The number of hydrogen-bond donors (Lipinski definition) is 1. The van der Waals surface area contributed by atoms with Gasteiger partial charge in [0.25, 0.3) is 0 Å². The third kappa shape index (κ3) is 2.71. The van der Waals surface area contributed by atoms with E-state index in [0.29, 0.717) is 19.3 Å². The van der Waals surface area contributed by atoms with Gasteiger partial charge in [0.1, 0.15) is 0 Å². The lowest BCUT2D eigenvalue weighted by Gasteiger charge is -2.17. The van der Waals surface area contributed by atoms with Crippen molar-refractivity contribution >= 4 is 15.8 Å². The van der Waals surface area contributed by atoms with Crippen LogP contribution >= 0.6 is 0 Å². The standard InChI is InChI=1S/C10H18O4S/c1-2-5-9(10(11)12)15(13,14)8-6-3-4-7-8/h8-9H,2-7H2,1H3,(H,11,12). The maximum atomic E-state index is 12.0. The van der Waals surface area contributed by atoms with Gasteiger partial charge in [-0.3, -0.25) is 4.79 Å². The second kappa shape index (κ2) is 4.96. The van der Waals surface area contributed by atoms with Crippen LogP contribution in [0.2, 0.25) is 0 Å². The minimum Gasteiger partial charge on any atom is -0.480 e. The van der Waals surface area contributed by atoms with Crippen molar-refractivity contribution in [2.75, 3.05) is 0 Å². The van der Waals surface area contributed by atoms with Crippen molar-refractivity contribution in [3.05, 3.63) is 0 Å². The van der Waals surface area contributed by atoms with Crippen molar-refractivity contribution in [1.29, 1.82) is 0 Å². The Morgan fingerprint density at radius 1 is 1.40 bits per heavy atom. The van der Waals surface area contributed by atoms with Crippen LogP contribution in [0.3, 0.4) is 0 Å². The van der Waals surface area contributed by atoms with Gasteiger partial charge in [0.2, 0.25) is 0 Å². The first-order valence-electron chi connectivity index (χ1n) is 5.45. The lowest BCUT2D eigenvalue weighted by Crippen LogP contribution is -2.36. The van der Waals surface area contributed by atoms with E-state index in [0.717, 1.165) is 12.8 Å². The van der Waals surface area contributed by atoms with E-state index >= 15 is 0 Å². The van der Waals surface area contributed by atoms with Gasteiger partial charge in [-0.25, -0.2) is 8.42 Å². The Labute approximate surface area is 90.6 Å². The quantitative estimate of drug-likeness (QED) is 0.784. The second-order valence-electron chi connectivity index (χ2n) is 4.11. The lowest BCUT2D eigenvalue weighted by atomic mass is 10.2. The fraction of sp³-hybridized carbons (Fsp3) is 0.900. The van der Waals surface area contributed by atoms with Gasteiger partial charge in [0, 0.05) is 0 Å². The van der Waals surface area contributed by atoms with Gasteiger partial charge in [-0.15, -0.1) is 0 Å². The Morgan fingerprint density at radius 3 is 2.33 bits per heavy atom. The molecule has 0 spiro atoms. The van der Waals surface area contributed by atoms with Crippen LogP contribution in [0.15, 0.2) is 0 Å². The highest BCUT2D eigenvalue weighted by atomic mass is 32.2. The summed E-state index contributed by atoms with van der Waals surface area (Å²) in [6.45, 7) is 1.81. The Bertz CT molecular complexity index is 314. The van der Waals surface area contributed by atoms with Crippen molar-refractivity contribution in [3.8, 4) is 0 Å². The number of rotatable bonds is 5. The molecule has 1 atom stereocenters. The number of carboxylic acid groups (broad SMARTS) is 1. The van der Waals surface area contributed by atoms with E-state index in [2.05, 4.69) is 0 Å². The van der Waals surface area contributed by atoms with Crippen LogP contribution in [-0.2, 0) is 14.6 Å². The molecule has 1 fully saturated rings. The molecule has 0 aliphatic heterocycles. The van der Waals surface area contributed by atoms with Gasteiger partial charge >= 0.3 is 5.97 Å². The number of carboxylic acids is 1. The molecule has 0 bridgehead atoms. The first-order valence-corrected chi connectivity index (χ1v) is 7.06. The van der Waals surface area contributed by atoms with Gasteiger partial charge in [0.15, 0.2) is 15.1 Å². The average molecular weight is 234 g/mol. The molecular formula is C10H18O4S. The second-order valence-corrected chi connectivity index (χ2v) is 6.52. The highest BCUT2D eigenvalue weighted by Crippen LogP contribution is 2.28. The van der Waals surface area contributed by atoms with Crippen molar-refractivity contribution in [2.45, 2.75) is 55.9 Å². The summed E-state index contributed by atoms with van der Waals surface area (Å²) < 4.78 is 24.0. The fourth-order valence-corrected chi connectivity index (χ4v) is 4.44. The van der Waals surface area contributed by atoms with E-state index in [1.54, 1.807) is 6.92 Å². The first-order chi connectivity index (χ1) is 7.00. The fourth-order valence-electron chi connectivity index (χ4n) is 2.14. The van der Waals surface area contributed by atoms with E-state index in [1.165, 1.54) is 0 Å². The molecule has 4 nitrogen and oxygen atoms in total. The van der Waals surface area contributed by atoms with Gasteiger partial charge < -0.3 is 5.11 Å². The van der Waals surface area contributed by atoms with E-state index in [1.807, 2.05) is 0 Å². The first kappa shape index (κ1) is 12.5. The molecule has 15 heavy (non-hydrogen) atoms. The van der Waals surface area contributed by atoms with Crippen molar-refractivity contribution in [1.82, 2.24) is 0 Å². The topological polar surface area (TPSA) is 71.4 Å².